The Labute approximate surface area is 194 Å². The van der Waals surface area contributed by atoms with E-state index in [1.807, 2.05) is 4.98 Å². The van der Waals surface area contributed by atoms with E-state index < -0.39 is 75.6 Å². The zero-order chi connectivity index (χ0) is 26.5. The van der Waals surface area contributed by atoms with Gasteiger partial charge in [0.15, 0.2) is 16.8 Å². The summed E-state index contributed by atoms with van der Waals surface area (Å²) < 4.78 is 117. The number of aromatic nitrogens is 2. The fourth-order valence-electron chi connectivity index (χ4n) is 2.57. The van der Waals surface area contributed by atoms with Crippen LogP contribution in [0.4, 0.5) is 22.0 Å². The first-order valence-corrected chi connectivity index (χ1v) is 13.3. The molecule has 1 aliphatic heterocycles. The maximum Gasteiger partial charge on any atom is 0.490 e. The van der Waals surface area contributed by atoms with E-state index >= 15 is 4.39 Å². The Morgan fingerprint density at radius 2 is 1.71 bits per heavy atom. The minimum Gasteiger partial charge on any atom is -0.386 e. The molecule has 0 saturated carbocycles. The summed E-state index contributed by atoms with van der Waals surface area (Å²) in [6.07, 6.45) is -14.3. The van der Waals surface area contributed by atoms with Crippen molar-refractivity contribution in [2.75, 3.05) is 6.61 Å². The van der Waals surface area contributed by atoms with Crippen LogP contribution in [0.15, 0.2) is 6.20 Å². The summed E-state index contributed by atoms with van der Waals surface area (Å²) in [5.74, 6) is -1.36. The fourth-order valence-corrected chi connectivity index (χ4v) is 6.06. The normalized spacial score (nSPS) is 29.5. The monoisotopic (exact) mass is 604 g/mol. The first-order valence-electron chi connectivity index (χ1n) is 7.98. The van der Waals surface area contributed by atoms with E-state index in [4.69, 9.17) is 19.4 Å². The van der Waals surface area contributed by atoms with Crippen LogP contribution < -0.4 is 0 Å². The second-order valence-corrected chi connectivity index (χ2v) is 11.5. The highest BCUT2D eigenvalue weighted by atomic mass is 32.1. The van der Waals surface area contributed by atoms with Gasteiger partial charge in [-0.1, -0.05) is 12.2 Å². The molecule has 0 amide bonds. The van der Waals surface area contributed by atoms with Crippen molar-refractivity contribution in [1.29, 1.82) is 0 Å². The molecule has 0 bridgehead atoms. The summed E-state index contributed by atoms with van der Waals surface area (Å²) in [4.78, 5) is 37.2. The van der Waals surface area contributed by atoms with Crippen molar-refractivity contribution in [1.82, 2.24) is 9.55 Å². The highest BCUT2D eigenvalue weighted by molar-refractivity contribution is 7.72. The number of rotatable bonds is 8. The predicted octanol–water partition coefficient (Wildman–Crippen LogP) is 2.29. The van der Waals surface area contributed by atoms with E-state index in [0.29, 0.717) is 0 Å². The van der Waals surface area contributed by atoms with Crippen LogP contribution in [0, 0.1) is 15.2 Å². The second-order valence-electron chi connectivity index (χ2n) is 6.27. The molecule has 6 atom stereocenters. The molecule has 1 aromatic rings. The molecule has 0 aromatic carbocycles. The van der Waals surface area contributed by atoms with Gasteiger partial charge in [0.05, 0.1) is 6.61 Å². The fraction of sp³-hybridized carbons (Fsp3) is 0.600. The minimum atomic E-state index is -5.97. The number of alkyl halides is 4. The molecule has 0 spiro atoms. The summed E-state index contributed by atoms with van der Waals surface area (Å²) in [6.45, 7) is -1.64. The Balaban J connectivity index is 2.33. The Morgan fingerprint density at radius 1 is 1.15 bits per heavy atom. The van der Waals surface area contributed by atoms with Gasteiger partial charge >= 0.3 is 29.6 Å². The number of H-pyrrole nitrogens is 1. The predicted molar refractivity (Wildman–Crippen MR) is 100 cm³/mol. The van der Waals surface area contributed by atoms with Gasteiger partial charge < -0.3 is 34.4 Å². The lowest BCUT2D eigenvalue weighted by Crippen LogP contribution is -2.54. The van der Waals surface area contributed by atoms with E-state index in [-0.39, 0.29) is 10.8 Å². The molecule has 6 N–H and O–H groups in total. The lowest BCUT2D eigenvalue weighted by molar-refractivity contribution is -0.274. The Kier molecular flexibility index (Phi) is 8.53. The van der Waals surface area contributed by atoms with Crippen molar-refractivity contribution in [3.63, 3.8) is 0 Å². The van der Waals surface area contributed by atoms with E-state index in [0.717, 1.165) is 0 Å². The molecule has 24 heteroatoms. The van der Waals surface area contributed by atoms with Crippen molar-refractivity contribution in [3.05, 3.63) is 21.4 Å². The summed E-state index contributed by atoms with van der Waals surface area (Å²) in [6, 6.07) is 0. The molecule has 1 saturated heterocycles. The van der Waals surface area contributed by atoms with Crippen LogP contribution in [0.25, 0.3) is 0 Å². The van der Waals surface area contributed by atoms with Crippen molar-refractivity contribution in [3.8, 4) is 0 Å². The zero-order valence-electron chi connectivity index (χ0n) is 15.6. The van der Waals surface area contributed by atoms with Gasteiger partial charge in [-0.15, -0.1) is 0 Å². The summed E-state index contributed by atoms with van der Waals surface area (Å²) in [5.41, 5.74) is -4.71. The molecule has 34 heavy (non-hydrogen) atoms. The average Bonchev–Trinajstić information content (AvgIpc) is 2.85. The number of phosphoric ester groups is 1. The summed E-state index contributed by atoms with van der Waals surface area (Å²) >= 11 is 9.17. The SMILES string of the molecule is O=P(O)(O)OP(=O)(O)OP(=O)(O)OC[C@H]1O[C@@H](n2cc(F)c(=S)[nH]c2=S)[C@@](F)(C(F)(F)F)C1O. The molecular formula is C10H12F5N2O12P3S2. The zero-order valence-corrected chi connectivity index (χ0v) is 19.9. The largest absolute Gasteiger partial charge is 0.490 e. The van der Waals surface area contributed by atoms with E-state index in [1.165, 1.54) is 0 Å². The molecule has 1 aromatic heterocycles. The van der Waals surface area contributed by atoms with Gasteiger partial charge in [0.1, 0.15) is 16.8 Å². The van der Waals surface area contributed by atoms with Crippen LogP contribution in [0.3, 0.4) is 0 Å². The number of aliphatic hydroxyl groups excluding tert-OH is 1. The molecule has 14 nitrogen and oxygen atoms in total. The van der Waals surface area contributed by atoms with Crippen molar-refractivity contribution in [2.45, 2.75) is 30.3 Å². The van der Waals surface area contributed by atoms with Gasteiger partial charge in [-0.2, -0.15) is 21.8 Å². The number of nitrogens with one attached hydrogen (secondary N) is 1. The van der Waals surface area contributed by atoms with Crippen LogP contribution in [0.5, 0.6) is 0 Å². The molecule has 0 radical (unpaired) electrons. The van der Waals surface area contributed by atoms with E-state index in [2.05, 4.69) is 37.6 Å². The number of aliphatic hydroxyl groups is 1. The Hall–Kier alpha value is -0.500. The van der Waals surface area contributed by atoms with Gasteiger partial charge in [-0.3, -0.25) is 9.09 Å². The van der Waals surface area contributed by atoms with Crippen molar-refractivity contribution in [2.24, 2.45) is 0 Å². The quantitative estimate of drug-likeness (QED) is 0.143. The minimum absolute atomic E-state index is 0.0853. The van der Waals surface area contributed by atoms with Crippen LogP contribution in [0.2, 0.25) is 0 Å². The number of ether oxygens (including phenoxy) is 1. The van der Waals surface area contributed by atoms with Gasteiger partial charge in [-0.05, 0) is 12.2 Å². The lowest BCUT2D eigenvalue weighted by Gasteiger charge is -2.31. The topological polar surface area (TPSA) is 210 Å². The standard InChI is InChI=1S/C10H12F5N2O12P3S2/c11-3-1-17(8(34)16-6(3)33)7-9(12,10(13,14)15)5(18)4(27-7)2-26-31(22,23)29-32(24,25)28-30(19,20)21/h1,4-5,7,18H,2H2,(H,22,23)(H,24,25)(H,16,33,34)(H2,19,20,21)/t4-,5?,7-,9-/m1/s1. The lowest BCUT2D eigenvalue weighted by atomic mass is 9.95. The number of nitrogens with zero attached hydrogens (tertiary/aromatic N) is 1. The van der Waals surface area contributed by atoms with Crippen molar-refractivity contribution >= 4 is 47.9 Å². The third-order valence-electron chi connectivity index (χ3n) is 3.87. The third kappa shape index (κ3) is 6.63. The van der Waals surface area contributed by atoms with Gasteiger partial charge in [0.2, 0.25) is 0 Å². The molecule has 2 heterocycles. The van der Waals surface area contributed by atoms with Crippen LogP contribution in [-0.2, 0) is 31.6 Å². The maximum absolute atomic E-state index is 15.2. The third-order valence-corrected chi connectivity index (χ3v) is 8.29. The number of aromatic amines is 1. The van der Waals surface area contributed by atoms with Gasteiger partial charge in [0.25, 0.3) is 5.67 Å². The van der Waals surface area contributed by atoms with Crippen LogP contribution in [-0.4, -0.2) is 64.9 Å². The van der Waals surface area contributed by atoms with Crippen molar-refractivity contribution < 1.29 is 78.2 Å². The van der Waals surface area contributed by atoms with Crippen LogP contribution >= 0.6 is 47.9 Å². The summed E-state index contributed by atoms with van der Waals surface area (Å²) in [7, 11) is -17.6. The molecule has 0 aliphatic carbocycles. The molecule has 1 aliphatic rings. The highest BCUT2D eigenvalue weighted by Crippen LogP contribution is 2.66. The second kappa shape index (κ2) is 9.75. The average molecular weight is 604 g/mol. The van der Waals surface area contributed by atoms with E-state index in [9.17, 15) is 41.3 Å². The van der Waals surface area contributed by atoms with Crippen LogP contribution in [0.1, 0.15) is 6.23 Å². The number of phosphoric acid groups is 3. The maximum atomic E-state index is 15.2. The smallest absolute Gasteiger partial charge is 0.386 e. The van der Waals surface area contributed by atoms with E-state index in [1.54, 1.807) is 0 Å². The molecule has 1 fully saturated rings. The van der Waals surface area contributed by atoms with Gasteiger partial charge in [-0.25, -0.2) is 22.5 Å². The Morgan fingerprint density at radius 3 is 2.21 bits per heavy atom. The first kappa shape index (κ1) is 29.7. The Bertz CT molecular complexity index is 1200. The number of hydrogen-bond acceptors (Lipinski definition) is 10. The number of halogens is 5. The number of hydrogen-bond donors (Lipinski definition) is 6. The molecule has 3 unspecified atom stereocenters. The first-order chi connectivity index (χ1) is 15.1. The molecular weight excluding hydrogens is 592 g/mol. The molecule has 196 valence electrons. The molecule has 2 rings (SSSR count). The summed E-state index contributed by atoms with van der Waals surface area (Å²) in [5, 5.41) is 9.96. The highest BCUT2D eigenvalue weighted by Gasteiger charge is 2.73. The van der Waals surface area contributed by atoms with Gasteiger partial charge in [0, 0.05) is 6.20 Å².